The molecular formula is C24H22F3N3O3. The largest absolute Gasteiger partial charge is 0.448 e. The van der Waals surface area contributed by atoms with Crippen LogP contribution in [0.4, 0.5) is 18.9 Å². The van der Waals surface area contributed by atoms with Crippen LogP contribution in [-0.2, 0) is 6.18 Å². The number of rotatable bonds is 3. The topological polar surface area (TPSA) is 65.4 Å². The number of carbonyl (C=O) groups is 1. The number of halogens is 3. The smallest absolute Gasteiger partial charge is 0.434 e. The van der Waals surface area contributed by atoms with E-state index in [-0.39, 0.29) is 5.69 Å². The van der Waals surface area contributed by atoms with E-state index >= 15 is 0 Å². The number of benzene rings is 2. The third-order valence-electron chi connectivity index (χ3n) is 5.97. The highest BCUT2D eigenvalue weighted by Crippen LogP contribution is 2.46. The van der Waals surface area contributed by atoms with Crippen LogP contribution < -0.4 is 14.8 Å². The van der Waals surface area contributed by atoms with Gasteiger partial charge in [-0.1, -0.05) is 24.1 Å². The fourth-order valence-electron chi connectivity index (χ4n) is 4.33. The summed E-state index contributed by atoms with van der Waals surface area (Å²) in [6, 6.07) is 11.2. The summed E-state index contributed by atoms with van der Waals surface area (Å²) in [6.45, 7) is 1.83. The highest BCUT2D eigenvalue weighted by molar-refractivity contribution is 6.05. The van der Waals surface area contributed by atoms with Gasteiger partial charge < -0.3 is 14.8 Å². The summed E-state index contributed by atoms with van der Waals surface area (Å²) in [4.78, 5) is 12.8. The molecule has 1 aromatic heterocycles. The van der Waals surface area contributed by atoms with Crippen LogP contribution in [0.2, 0.25) is 0 Å². The summed E-state index contributed by atoms with van der Waals surface area (Å²) >= 11 is 0. The molecule has 1 saturated carbocycles. The van der Waals surface area contributed by atoms with Crippen LogP contribution in [0.1, 0.15) is 53.7 Å². The number of aryl methyl sites for hydroxylation is 1. The number of aromatic nitrogens is 2. The van der Waals surface area contributed by atoms with E-state index < -0.39 is 29.1 Å². The number of fused-ring (bicyclic) bond motifs is 1. The van der Waals surface area contributed by atoms with E-state index in [9.17, 15) is 18.0 Å². The van der Waals surface area contributed by atoms with Crippen molar-refractivity contribution in [3.05, 3.63) is 65.5 Å². The Hall–Kier alpha value is -3.49. The molecule has 1 N–H and O–H groups in total. The van der Waals surface area contributed by atoms with Crippen LogP contribution in [0.3, 0.4) is 0 Å². The SMILES string of the molecule is Cc1ccc(-n2ncc(C(=O)Nc3ccc4c(c3)OC3(CCCCC3)O4)c2C(F)(F)F)cc1. The lowest BCUT2D eigenvalue weighted by atomic mass is 9.94. The van der Waals surface area contributed by atoms with Crippen molar-refractivity contribution in [3.63, 3.8) is 0 Å². The van der Waals surface area contributed by atoms with Crippen molar-refractivity contribution in [1.29, 1.82) is 0 Å². The zero-order valence-electron chi connectivity index (χ0n) is 17.9. The minimum atomic E-state index is -4.78. The molecule has 2 aliphatic rings. The molecule has 0 unspecified atom stereocenters. The Bertz CT molecular complexity index is 1200. The first-order valence-electron chi connectivity index (χ1n) is 10.8. The van der Waals surface area contributed by atoms with E-state index in [1.165, 1.54) is 12.1 Å². The predicted molar refractivity (Wildman–Crippen MR) is 115 cm³/mol. The average molecular weight is 457 g/mol. The predicted octanol–water partition coefficient (Wildman–Crippen LogP) is 5.88. The maximum absolute atomic E-state index is 13.9. The van der Waals surface area contributed by atoms with Crippen molar-refractivity contribution in [2.75, 3.05) is 5.32 Å². The molecule has 1 fully saturated rings. The molecule has 5 rings (SSSR count). The third kappa shape index (κ3) is 4.03. The average Bonchev–Trinajstić information content (AvgIpc) is 3.36. The number of hydrogen-bond acceptors (Lipinski definition) is 4. The van der Waals surface area contributed by atoms with Crippen LogP contribution in [-0.4, -0.2) is 21.5 Å². The van der Waals surface area contributed by atoms with Crippen LogP contribution in [0.25, 0.3) is 5.69 Å². The number of alkyl halides is 3. The molecule has 1 aliphatic heterocycles. The quantitative estimate of drug-likeness (QED) is 0.533. The van der Waals surface area contributed by atoms with Gasteiger partial charge in [0.15, 0.2) is 17.2 Å². The van der Waals surface area contributed by atoms with Crippen LogP contribution in [0.15, 0.2) is 48.7 Å². The lowest BCUT2D eigenvalue weighted by molar-refractivity contribution is -0.143. The highest BCUT2D eigenvalue weighted by Gasteiger charge is 2.43. The lowest BCUT2D eigenvalue weighted by Gasteiger charge is -2.31. The Balaban J connectivity index is 1.41. The molecule has 3 aromatic rings. The number of ether oxygens (including phenoxy) is 2. The molecule has 0 atom stereocenters. The Morgan fingerprint density at radius 1 is 1.03 bits per heavy atom. The molecule has 172 valence electrons. The van der Waals surface area contributed by atoms with Crippen molar-refractivity contribution in [1.82, 2.24) is 9.78 Å². The van der Waals surface area contributed by atoms with E-state index in [1.54, 1.807) is 30.3 Å². The van der Waals surface area contributed by atoms with Crippen molar-refractivity contribution in [2.24, 2.45) is 0 Å². The lowest BCUT2D eigenvalue weighted by Crippen LogP contribution is -2.40. The first-order chi connectivity index (χ1) is 15.7. The van der Waals surface area contributed by atoms with Crippen molar-refractivity contribution in [3.8, 4) is 17.2 Å². The van der Waals surface area contributed by atoms with E-state index in [0.29, 0.717) is 17.2 Å². The number of amides is 1. The van der Waals surface area contributed by atoms with Crippen LogP contribution in [0, 0.1) is 6.92 Å². The second kappa shape index (κ2) is 7.83. The Kier molecular flexibility index (Phi) is 5.07. The van der Waals surface area contributed by atoms with E-state index in [1.807, 2.05) is 6.92 Å². The molecule has 9 heteroatoms. The molecule has 0 saturated heterocycles. The molecule has 1 aliphatic carbocycles. The van der Waals surface area contributed by atoms with E-state index in [4.69, 9.17) is 9.47 Å². The van der Waals surface area contributed by atoms with Crippen LogP contribution >= 0.6 is 0 Å². The van der Waals surface area contributed by atoms with Gasteiger partial charge in [0.1, 0.15) is 0 Å². The normalized spacial score (nSPS) is 16.7. The summed E-state index contributed by atoms with van der Waals surface area (Å²) in [5.74, 6) is -0.548. The standard InChI is InChI=1S/C24H22F3N3O3/c1-15-5-8-17(9-6-15)30-21(24(25,26)27)18(14-28-30)22(31)29-16-7-10-19-20(13-16)33-23(32-19)11-3-2-4-12-23/h5-10,13-14H,2-4,11-12H2,1H3,(H,29,31). The minimum Gasteiger partial charge on any atom is -0.448 e. The molecule has 33 heavy (non-hydrogen) atoms. The summed E-state index contributed by atoms with van der Waals surface area (Å²) in [6.07, 6.45) is 0.834. The molecule has 1 amide bonds. The van der Waals surface area contributed by atoms with Gasteiger partial charge in [-0.15, -0.1) is 0 Å². The van der Waals surface area contributed by atoms with Crippen molar-refractivity contribution >= 4 is 11.6 Å². The molecule has 1 spiro atoms. The summed E-state index contributed by atoms with van der Waals surface area (Å²) in [7, 11) is 0. The third-order valence-corrected chi connectivity index (χ3v) is 5.97. The van der Waals surface area contributed by atoms with Gasteiger partial charge in [-0.25, -0.2) is 4.68 Å². The minimum absolute atomic E-state index is 0.216. The Morgan fingerprint density at radius 2 is 1.73 bits per heavy atom. The molecule has 2 aromatic carbocycles. The first-order valence-corrected chi connectivity index (χ1v) is 10.8. The molecule has 2 heterocycles. The van der Waals surface area contributed by atoms with Gasteiger partial charge in [-0.2, -0.15) is 18.3 Å². The summed E-state index contributed by atoms with van der Waals surface area (Å²) in [5, 5.41) is 6.39. The number of nitrogens with one attached hydrogen (secondary N) is 1. The van der Waals surface area contributed by atoms with Crippen molar-refractivity contribution in [2.45, 2.75) is 51.0 Å². The summed E-state index contributed by atoms with van der Waals surface area (Å²) < 4.78 is 54.5. The Morgan fingerprint density at radius 3 is 2.42 bits per heavy atom. The molecular weight excluding hydrogens is 435 g/mol. The van der Waals surface area contributed by atoms with Crippen LogP contribution in [0.5, 0.6) is 11.5 Å². The number of anilines is 1. The van der Waals surface area contributed by atoms with E-state index in [2.05, 4.69) is 10.4 Å². The first kappa shape index (κ1) is 21.4. The Labute approximate surface area is 188 Å². The zero-order valence-corrected chi connectivity index (χ0v) is 17.9. The number of carbonyl (C=O) groups excluding carboxylic acids is 1. The molecule has 0 radical (unpaired) electrons. The van der Waals surface area contributed by atoms with Gasteiger partial charge in [0.2, 0.25) is 0 Å². The molecule has 6 nitrogen and oxygen atoms in total. The zero-order chi connectivity index (χ0) is 23.2. The van der Waals surface area contributed by atoms with Gasteiger partial charge in [-0.05, 0) is 44.0 Å². The fourth-order valence-corrected chi connectivity index (χ4v) is 4.33. The van der Waals surface area contributed by atoms with Crippen molar-refractivity contribution < 1.29 is 27.4 Å². The van der Waals surface area contributed by atoms with Gasteiger partial charge in [0.05, 0.1) is 17.4 Å². The van der Waals surface area contributed by atoms with Gasteiger partial charge in [0, 0.05) is 24.6 Å². The second-order valence-corrected chi connectivity index (χ2v) is 8.44. The second-order valence-electron chi connectivity index (χ2n) is 8.44. The fraction of sp³-hybridized carbons (Fsp3) is 0.333. The van der Waals surface area contributed by atoms with Gasteiger partial charge in [-0.3, -0.25) is 4.79 Å². The van der Waals surface area contributed by atoms with Gasteiger partial charge in [0.25, 0.3) is 11.7 Å². The maximum atomic E-state index is 13.9. The monoisotopic (exact) mass is 457 g/mol. The van der Waals surface area contributed by atoms with E-state index in [0.717, 1.165) is 48.5 Å². The summed E-state index contributed by atoms with van der Waals surface area (Å²) in [5.41, 5.74) is -0.273. The van der Waals surface area contributed by atoms with Gasteiger partial charge >= 0.3 is 6.18 Å². The highest BCUT2D eigenvalue weighted by atomic mass is 19.4. The number of nitrogens with zero attached hydrogens (tertiary/aromatic N) is 2. The maximum Gasteiger partial charge on any atom is 0.434 e. The number of hydrogen-bond donors (Lipinski definition) is 1. The molecule has 0 bridgehead atoms.